The standard InChI is InChI=1S/C17H17F2N3O3/c18-15(19)13-14(25-9-21-13)17(24)20-8-10-3-1-6-12(7-10)22-16(23)11-4-2-5-11/h1,3,6-7,9,11,15H,2,4-5,8H2,(H,20,24)(H,22,23). The van der Waals surface area contributed by atoms with Gasteiger partial charge in [-0.15, -0.1) is 0 Å². The first kappa shape index (κ1) is 17.1. The maximum absolute atomic E-state index is 12.7. The summed E-state index contributed by atoms with van der Waals surface area (Å²) >= 11 is 0. The lowest BCUT2D eigenvalue weighted by Crippen LogP contribution is -2.28. The van der Waals surface area contributed by atoms with Gasteiger partial charge in [-0.2, -0.15) is 0 Å². The minimum Gasteiger partial charge on any atom is -0.438 e. The molecular formula is C17H17F2N3O3. The molecule has 1 aromatic heterocycles. The Morgan fingerprint density at radius 2 is 2.12 bits per heavy atom. The number of halogens is 2. The van der Waals surface area contributed by atoms with E-state index in [4.69, 9.17) is 4.42 Å². The zero-order valence-corrected chi connectivity index (χ0v) is 13.3. The van der Waals surface area contributed by atoms with E-state index in [1.165, 1.54) is 0 Å². The molecule has 3 rings (SSSR count). The summed E-state index contributed by atoms with van der Waals surface area (Å²) < 4.78 is 30.2. The van der Waals surface area contributed by atoms with E-state index in [1.54, 1.807) is 24.3 Å². The summed E-state index contributed by atoms with van der Waals surface area (Å²) in [6, 6.07) is 6.99. The number of nitrogens with zero attached hydrogens (tertiary/aromatic N) is 1. The van der Waals surface area contributed by atoms with Crippen LogP contribution in [0.1, 0.15) is 47.5 Å². The van der Waals surface area contributed by atoms with Crippen molar-refractivity contribution in [1.82, 2.24) is 10.3 Å². The van der Waals surface area contributed by atoms with Crippen molar-refractivity contribution in [3.05, 3.63) is 47.7 Å². The number of oxazole rings is 1. The van der Waals surface area contributed by atoms with Crippen LogP contribution < -0.4 is 10.6 Å². The average Bonchev–Trinajstić information content (AvgIpc) is 3.01. The van der Waals surface area contributed by atoms with Crippen LogP contribution in [0, 0.1) is 5.92 Å². The Morgan fingerprint density at radius 3 is 2.80 bits per heavy atom. The van der Waals surface area contributed by atoms with Gasteiger partial charge in [-0.05, 0) is 30.5 Å². The van der Waals surface area contributed by atoms with Gasteiger partial charge in [-0.3, -0.25) is 9.59 Å². The number of hydrogen-bond acceptors (Lipinski definition) is 4. The number of hydrogen-bond donors (Lipinski definition) is 2. The lowest BCUT2D eigenvalue weighted by Gasteiger charge is -2.24. The van der Waals surface area contributed by atoms with Gasteiger partial charge < -0.3 is 15.1 Å². The Bertz CT molecular complexity index is 772. The van der Waals surface area contributed by atoms with E-state index in [1.807, 2.05) is 0 Å². The number of benzene rings is 1. The molecule has 2 aromatic rings. The van der Waals surface area contributed by atoms with Gasteiger partial charge in [0.25, 0.3) is 12.3 Å². The van der Waals surface area contributed by atoms with E-state index < -0.39 is 23.8 Å². The van der Waals surface area contributed by atoms with Crippen LogP contribution in [0.15, 0.2) is 35.1 Å². The second-order valence-electron chi connectivity index (χ2n) is 5.87. The third kappa shape index (κ3) is 4.01. The number of carbonyl (C=O) groups excluding carboxylic acids is 2. The van der Waals surface area contributed by atoms with E-state index in [0.717, 1.165) is 31.2 Å². The van der Waals surface area contributed by atoms with Crippen molar-refractivity contribution < 1.29 is 22.8 Å². The average molecular weight is 349 g/mol. The molecule has 0 atom stereocenters. The SMILES string of the molecule is O=C(NCc1cccc(NC(=O)C2CCC2)c1)c1ocnc1C(F)F. The molecule has 0 aliphatic heterocycles. The van der Waals surface area contributed by atoms with Gasteiger partial charge in [0.2, 0.25) is 11.7 Å². The predicted octanol–water partition coefficient (Wildman–Crippen LogP) is 3.28. The minimum absolute atomic E-state index is 0.00401. The molecule has 25 heavy (non-hydrogen) atoms. The molecule has 6 nitrogen and oxygen atoms in total. The van der Waals surface area contributed by atoms with Gasteiger partial charge in [0.15, 0.2) is 12.1 Å². The zero-order chi connectivity index (χ0) is 17.8. The maximum Gasteiger partial charge on any atom is 0.289 e. The number of alkyl halides is 2. The van der Waals surface area contributed by atoms with Crippen LogP contribution in [-0.2, 0) is 11.3 Å². The number of nitrogens with one attached hydrogen (secondary N) is 2. The molecule has 1 aliphatic rings. The fourth-order valence-corrected chi connectivity index (χ4v) is 2.52. The fraction of sp³-hybridized carbons (Fsp3) is 0.353. The zero-order valence-electron chi connectivity index (χ0n) is 13.3. The Labute approximate surface area is 142 Å². The molecular weight excluding hydrogens is 332 g/mol. The van der Waals surface area contributed by atoms with Crippen molar-refractivity contribution in [3.8, 4) is 0 Å². The van der Waals surface area contributed by atoms with Gasteiger partial charge in [-0.1, -0.05) is 18.6 Å². The molecule has 0 bridgehead atoms. The second-order valence-corrected chi connectivity index (χ2v) is 5.87. The van der Waals surface area contributed by atoms with Gasteiger partial charge in [0.05, 0.1) is 0 Å². The maximum atomic E-state index is 12.7. The van der Waals surface area contributed by atoms with Crippen LogP contribution in [0.4, 0.5) is 14.5 Å². The van der Waals surface area contributed by atoms with Crippen LogP contribution in [0.2, 0.25) is 0 Å². The highest BCUT2D eigenvalue weighted by Crippen LogP contribution is 2.27. The number of rotatable bonds is 6. The summed E-state index contributed by atoms with van der Waals surface area (Å²) in [5.74, 6) is -1.20. The van der Waals surface area contributed by atoms with Gasteiger partial charge in [-0.25, -0.2) is 13.8 Å². The predicted molar refractivity (Wildman–Crippen MR) is 85.0 cm³/mol. The van der Waals surface area contributed by atoms with E-state index in [2.05, 4.69) is 15.6 Å². The van der Waals surface area contributed by atoms with E-state index >= 15 is 0 Å². The largest absolute Gasteiger partial charge is 0.438 e. The summed E-state index contributed by atoms with van der Waals surface area (Å²) in [7, 11) is 0. The number of anilines is 1. The van der Waals surface area contributed by atoms with Crippen molar-refractivity contribution in [2.75, 3.05) is 5.32 Å². The highest BCUT2D eigenvalue weighted by molar-refractivity contribution is 5.93. The van der Waals surface area contributed by atoms with Crippen molar-refractivity contribution in [1.29, 1.82) is 0 Å². The van der Waals surface area contributed by atoms with Gasteiger partial charge in [0.1, 0.15) is 0 Å². The van der Waals surface area contributed by atoms with Crippen LogP contribution in [-0.4, -0.2) is 16.8 Å². The van der Waals surface area contributed by atoms with E-state index in [-0.39, 0.29) is 18.4 Å². The quantitative estimate of drug-likeness (QED) is 0.838. The molecule has 0 unspecified atom stereocenters. The first-order valence-corrected chi connectivity index (χ1v) is 7.94. The topological polar surface area (TPSA) is 84.2 Å². The first-order valence-electron chi connectivity index (χ1n) is 7.94. The van der Waals surface area contributed by atoms with Crippen LogP contribution in [0.25, 0.3) is 0 Å². The summed E-state index contributed by atoms with van der Waals surface area (Å²) in [5, 5.41) is 5.35. The van der Waals surface area contributed by atoms with E-state index in [0.29, 0.717) is 5.69 Å². The van der Waals surface area contributed by atoms with E-state index in [9.17, 15) is 18.4 Å². The first-order chi connectivity index (χ1) is 12.0. The summed E-state index contributed by atoms with van der Waals surface area (Å²) in [6.45, 7) is 0.106. The highest BCUT2D eigenvalue weighted by atomic mass is 19.3. The Kier molecular flexibility index (Phi) is 5.06. The molecule has 8 heteroatoms. The molecule has 0 saturated heterocycles. The smallest absolute Gasteiger partial charge is 0.289 e. The third-order valence-corrected chi connectivity index (χ3v) is 4.13. The molecule has 2 N–H and O–H groups in total. The number of carbonyl (C=O) groups is 2. The number of amides is 2. The normalized spacial score (nSPS) is 14.2. The molecule has 0 radical (unpaired) electrons. The Morgan fingerprint density at radius 1 is 1.32 bits per heavy atom. The molecule has 132 valence electrons. The lowest BCUT2D eigenvalue weighted by molar-refractivity contribution is -0.122. The summed E-state index contributed by atoms with van der Waals surface area (Å²) in [4.78, 5) is 27.3. The summed E-state index contributed by atoms with van der Waals surface area (Å²) in [6.07, 6.45) is 0.820. The van der Waals surface area contributed by atoms with Gasteiger partial charge in [0, 0.05) is 18.2 Å². The Hall–Kier alpha value is -2.77. The molecule has 1 heterocycles. The third-order valence-electron chi connectivity index (χ3n) is 4.13. The molecule has 1 fully saturated rings. The lowest BCUT2D eigenvalue weighted by atomic mass is 9.85. The van der Waals surface area contributed by atoms with Crippen LogP contribution >= 0.6 is 0 Å². The monoisotopic (exact) mass is 349 g/mol. The molecule has 1 saturated carbocycles. The fourth-order valence-electron chi connectivity index (χ4n) is 2.52. The second kappa shape index (κ2) is 7.42. The van der Waals surface area contributed by atoms with Crippen molar-refractivity contribution in [2.24, 2.45) is 5.92 Å². The minimum atomic E-state index is -2.88. The molecule has 0 spiro atoms. The van der Waals surface area contributed by atoms with Crippen molar-refractivity contribution in [2.45, 2.75) is 32.2 Å². The summed E-state index contributed by atoms with van der Waals surface area (Å²) in [5.41, 5.74) is 0.675. The molecule has 1 aromatic carbocycles. The molecule has 1 aliphatic carbocycles. The molecule has 2 amide bonds. The Balaban J connectivity index is 1.59. The number of aromatic nitrogens is 1. The van der Waals surface area contributed by atoms with Gasteiger partial charge >= 0.3 is 0 Å². The van der Waals surface area contributed by atoms with Crippen molar-refractivity contribution in [3.63, 3.8) is 0 Å². The highest BCUT2D eigenvalue weighted by Gasteiger charge is 2.25. The van der Waals surface area contributed by atoms with Crippen LogP contribution in [0.3, 0.4) is 0 Å². The van der Waals surface area contributed by atoms with Crippen LogP contribution in [0.5, 0.6) is 0 Å². The van der Waals surface area contributed by atoms with Crippen molar-refractivity contribution >= 4 is 17.5 Å².